The third-order valence-corrected chi connectivity index (χ3v) is 4.65. The number of hydrogen-bond acceptors (Lipinski definition) is 4. The molecular weight excluding hydrogens is 480 g/mol. The van der Waals surface area contributed by atoms with Gasteiger partial charge in [-0.25, -0.2) is 0 Å². The Bertz CT molecular complexity index is 973. The zero-order valence-corrected chi connectivity index (χ0v) is 14.9. The molecule has 2 rings (SSSR count). The van der Waals surface area contributed by atoms with E-state index >= 15 is 0 Å². The maximum absolute atomic E-state index is 13.1. The van der Waals surface area contributed by atoms with Crippen molar-refractivity contribution in [2.24, 2.45) is 0 Å². The average molecular weight is 490 g/mol. The van der Waals surface area contributed by atoms with E-state index in [1.807, 2.05) is 0 Å². The summed E-state index contributed by atoms with van der Waals surface area (Å²) in [4.78, 5) is 0. The average Bonchev–Trinajstić information content (AvgIpc) is 2.57. The van der Waals surface area contributed by atoms with Gasteiger partial charge in [-0.1, -0.05) is 12.1 Å². The van der Waals surface area contributed by atoms with Crippen molar-refractivity contribution < 1.29 is 62.9 Å². The molecule has 0 aliphatic carbocycles. The topological polar surface area (TPSA) is 92.5 Å². The number of hydrogen-bond donors (Lipinski definition) is 4. The SMILES string of the molecule is Nc1cc2c(N)c(C(O)(C(F)(F)F)C(F)(F)F)ccc2cc1C(O)(C(F)(F)F)C(F)(F)F. The summed E-state index contributed by atoms with van der Waals surface area (Å²) in [5.74, 6) is 0. The minimum absolute atomic E-state index is 0.0357. The molecule has 0 spiro atoms. The van der Waals surface area contributed by atoms with Crippen LogP contribution in [0, 0.1) is 0 Å². The number of benzene rings is 2. The molecule has 0 aromatic heterocycles. The quantitative estimate of drug-likeness (QED) is 0.365. The zero-order valence-electron chi connectivity index (χ0n) is 14.9. The number of aliphatic hydroxyl groups is 2. The van der Waals surface area contributed by atoms with E-state index in [-0.39, 0.29) is 24.3 Å². The first-order valence-corrected chi connectivity index (χ1v) is 7.86. The van der Waals surface area contributed by atoms with Gasteiger partial charge in [-0.05, 0) is 17.5 Å². The van der Waals surface area contributed by atoms with Crippen molar-refractivity contribution in [3.05, 3.63) is 35.4 Å². The molecule has 0 fully saturated rings. The summed E-state index contributed by atoms with van der Waals surface area (Å²) in [5.41, 5.74) is -7.57. The largest absolute Gasteiger partial charge is 0.430 e. The van der Waals surface area contributed by atoms with Gasteiger partial charge in [-0.15, -0.1) is 0 Å². The first kappa shape index (κ1) is 25.6. The summed E-state index contributed by atoms with van der Waals surface area (Å²) < 4.78 is 157. The van der Waals surface area contributed by atoms with Crippen LogP contribution in [-0.4, -0.2) is 34.9 Å². The van der Waals surface area contributed by atoms with Gasteiger partial charge < -0.3 is 21.7 Å². The van der Waals surface area contributed by atoms with Crippen molar-refractivity contribution >= 4 is 22.1 Å². The van der Waals surface area contributed by atoms with Crippen molar-refractivity contribution in [1.82, 2.24) is 0 Å². The predicted octanol–water partition coefficient (Wildman–Crippen LogP) is 4.63. The van der Waals surface area contributed by atoms with Gasteiger partial charge in [0.2, 0.25) is 0 Å². The lowest BCUT2D eigenvalue weighted by Crippen LogP contribution is -2.54. The molecule has 0 unspecified atom stereocenters. The maximum Gasteiger partial charge on any atom is 0.430 e. The molecule has 0 aliphatic rings. The van der Waals surface area contributed by atoms with E-state index in [1.54, 1.807) is 0 Å². The van der Waals surface area contributed by atoms with E-state index < -0.39 is 69.2 Å². The first-order chi connectivity index (χ1) is 14.0. The molecule has 0 atom stereocenters. The molecular formula is C16H10F12N2O2. The predicted molar refractivity (Wildman–Crippen MR) is 84.8 cm³/mol. The number of rotatable bonds is 2. The second-order valence-corrected chi connectivity index (χ2v) is 6.60. The van der Waals surface area contributed by atoms with E-state index in [4.69, 9.17) is 11.5 Å². The summed E-state index contributed by atoms with van der Waals surface area (Å²) in [5, 5.41) is 17.1. The third-order valence-electron chi connectivity index (χ3n) is 4.65. The van der Waals surface area contributed by atoms with Crippen LogP contribution in [0.5, 0.6) is 0 Å². The molecule has 0 heterocycles. The summed E-state index contributed by atoms with van der Waals surface area (Å²) >= 11 is 0. The van der Waals surface area contributed by atoms with Crippen LogP contribution in [0.1, 0.15) is 11.1 Å². The second kappa shape index (κ2) is 6.94. The highest BCUT2D eigenvalue weighted by atomic mass is 19.4. The van der Waals surface area contributed by atoms with E-state index in [0.29, 0.717) is 0 Å². The molecule has 32 heavy (non-hydrogen) atoms. The van der Waals surface area contributed by atoms with Crippen molar-refractivity contribution in [3.8, 4) is 0 Å². The highest BCUT2D eigenvalue weighted by Gasteiger charge is 2.73. The number of anilines is 2. The molecule has 0 aliphatic heterocycles. The Morgan fingerprint density at radius 1 is 0.562 bits per heavy atom. The minimum atomic E-state index is -6.37. The number of nitrogens with two attached hydrogens (primary N) is 2. The summed E-state index contributed by atoms with van der Waals surface area (Å²) in [7, 11) is 0. The lowest BCUT2D eigenvalue weighted by molar-refractivity contribution is -0.376. The second-order valence-electron chi connectivity index (χ2n) is 6.60. The summed E-state index contributed by atoms with van der Waals surface area (Å²) in [6.07, 6.45) is -25.5. The fourth-order valence-electron chi connectivity index (χ4n) is 2.97. The van der Waals surface area contributed by atoms with Crippen molar-refractivity contribution in [2.45, 2.75) is 35.9 Å². The van der Waals surface area contributed by atoms with Gasteiger partial charge in [0.15, 0.2) is 0 Å². The monoisotopic (exact) mass is 490 g/mol. The Hall–Kier alpha value is -2.62. The molecule has 180 valence electrons. The highest BCUT2D eigenvalue weighted by Crippen LogP contribution is 2.54. The van der Waals surface area contributed by atoms with E-state index in [1.165, 1.54) is 0 Å². The Morgan fingerprint density at radius 3 is 1.31 bits per heavy atom. The fourth-order valence-corrected chi connectivity index (χ4v) is 2.97. The number of nitrogen functional groups attached to an aromatic ring is 2. The Morgan fingerprint density at radius 2 is 0.938 bits per heavy atom. The summed E-state index contributed by atoms with van der Waals surface area (Å²) in [6.45, 7) is 0. The molecule has 0 saturated heterocycles. The Labute approximate surface area is 169 Å². The molecule has 0 radical (unpaired) electrons. The van der Waals surface area contributed by atoms with Crippen LogP contribution in [0.4, 0.5) is 64.1 Å². The van der Waals surface area contributed by atoms with Crippen molar-refractivity contribution in [1.29, 1.82) is 0 Å². The maximum atomic E-state index is 13.1. The molecule has 0 saturated carbocycles. The molecule has 0 amide bonds. The van der Waals surface area contributed by atoms with Crippen molar-refractivity contribution in [3.63, 3.8) is 0 Å². The number of alkyl halides is 12. The zero-order chi connectivity index (χ0) is 25.3. The third kappa shape index (κ3) is 3.44. The van der Waals surface area contributed by atoms with E-state index in [9.17, 15) is 62.9 Å². The minimum Gasteiger partial charge on any atom is -0.398 e. The molecule has 0 bridgehead atoms. The van der Waals surface area contributed by atoms with Crippen LogP contribution < -0.4 is 11.5 Å². The van der Waals surface area contributed by atoms with Gasteiger partial charge in [0.1, 0.15) is 0 Å². The fraction of sp³-hybridized carbons (Fsp3) is 0.375. The summed E-state index contributed by atoms with van der Waals surface area (Å²) in [6, 6.07) is 0.267. The normalized spacial score (nSPS) is 14.8. The van der Waals surface area contributed by atoms with Crippen LogP contribution in [0.2, 0.25) is 0 Å². The molecule has 4 nitrogen and oxygen atoms in total. The van der Waals surface area contributed by atoms with Crippen LogP contribution in [-0.2, 0) is 11.2 Å². The molecule has 2 aromatic rings. The molecule has 6 N–H and O–H groups in total. The van der Waals surface area contributed by atoms with Gasteiger partial charge in [0.25, 0.3) is 11.2 Å². The van der Waals surface area contributed by atoms with Gasteiger partial charge >= 0.3 is 24.7 Å². The Kier molecular flexibility index (Phi) is 5.56. The standard InChI is InChI=1S/C16H10F12N2O2/c17-13(18,19)11(31,14(20,21)22)7-2-1-5-3-8(9(29)4-6(5)10(7)30)12(32,15(23,24)25)16(26,27)28/h1-4,31-32H,29-30H2. The number of halogens is 12. The molecule has 16 heteroatoms. The van der Waals surface area contributed by atoms with Gasteiger partial charge in [0.05, 0.1) is 0 Å². The van der Waals surface area contributed by atoms with E-state index in [0.717, 1.165) is 0 Å². The number of fused-ring (bicyclic) bond motifs is 1. The van der Waals surface area contributed by atoms with Gasteiger partial charge in [-0.3, -0.25) is 0 Å². The molecule has 2 aromatic carbocycles. The van der Waals surface area contributed by atoms with Crippen LogP contribution in [0.3, 0.4) is 0 Å². The lowest BCUT2D eigenvalue weighted by Gasteiger charge is -2.35. The van der Waals surface area contributed by atoms with Crippen LogP contribution in [0.15, 0.2) is 24.3 Å². The van der Waals surface area contributed by atoms with Crippen LogP contribution in [0.25, 0.3) is 10.8 Å². The Balaban J connectivity index is 2.92. The first-order valence-electron chi connectivity index (χ1n) is 7.86. The van der Waals surface area contributed by atoms with Crippen LogP contribution >= 0.6 is 0 Å². The highest BCUT2D eigenvalue weighted by molar-refractivity contribution is 5.98. The van der Waals surface area contributed by atoms with Crippen molar-refractivity contribution in [2.75, 3.05) is 11.5 Å². The lowest BCUT2D eigenvalue weighted by atomic mass is 9.85. The smallest absolute Gasteiger partial charge is 0.398 e. The van der Waals surface area contributed by atoms with Gasteiger partial charge in [-0.2, -0.15) is 52.7 Å². The van der Waals surface area contributed by atoms with Gasteiger partial charge in [0, 0.05) is 27.9 Å². The van der Waals surface area contributed by atoms with E-state index in [2.05, 4.69) is 0 Å².